The Hall–Kier alpha value is -1.73. The molecule has 116 valence electrons. The molecule has 0 aliphatic carbocycles. The number of fused-ring (bicyclic) bond motifs is 1. The van der Waals surface area contributed by atoms with Crippen molar-refractivity contribution in [2.45, 2.75) is 11.3 Å². The van der Waals surface area contributed by atoms with E-state index in [-0.39, 0.29) is 4.90 Å². The number of hydrogen-bond donors (Lipinski definition) is 1. The van der Waals surface area contributed by atoms with Crippen molar-refractivity contribution in [2.24, 2.45) is 0 Å². The monoisotopic (exact) mass is 383 g/mol. The minimum atomic E-state index is -3.65. The van der Waals surface area contributed by atoms with Gasteiger partial charge >= 0.3 is 0 Å². The molecule has 1 heterocycles. The second-order valence-corrected chi connectivity index (χ2v) is 7.37. The Morgan fingerprint density at radius 1 is 1.00 bits per heavy atom. The standard InChI is InChI=1S/C15H14BrNO4S/c16-11-3-1-4-13(9-11)22(18,19)17-12-5-6-14-15(10-12)21-8-2-7-20-14/h1,3-6,9-10,17H,2,7-8H2. The first-order valence-electron chi connectivity index (χ1n) is 6.73. The Balaban J connectivity index is 1.88. The molecule has 1 aliphatic heterocycles. The Kier molecular flexibility index (Phi) is 4.26. The molecular formula is C15H14BrNO4S. The molecule has 3 rings (SSSR count). The van der Waals surface area contributed by atoms with Gasteiger partial charge in [0.15, 0.2) is 11.5 Å². The van der Waals surface area contributed by atoms with Gasteiger partial charge in [0.1, 0.15) is 0 Å². The maximum atomic E-state index is 12.4. The van der Waals surface area contributed by atoms with Gasteiger partial charge in [-0.2, -0.15) is 0 Å². The lowest BCUT2D eigenvalue weighted by molar-refractivity contribution is 0.297. The Morgan fingerprint density at radius 2 is 1.77 bits per heavy atom. The highest BCUT2D eigenvalue weighted by Gasteiger charge is 2.17. The summed E-state index contributed by atoms with van der Waals surface area (Å²) >= 11 is 3.27. The molecule has 0 aromatic heterocycles. The van der Waals surface area contributed by atoms with Gasteiger partial charge in [-0.05, 0) is 30.3 Å². The summed E-state index contributed by atoms with van der Waals surface area (Å²) in [6.45, 7) is 1.14. The topological polar surface area (TPSA) is 64.6 Å². The van der Waals surface area contributed by atoms with E-state index in [1.54, 1.807) is 36.4 Å². The second-order valence-electron chi connectivity index (χ2n) is 4.77. The zero-order valence-corrected chi connectivity index (χ0v) is 14.0. The lowest BCUT2D eigenvalue weighted by atomic mass is 10.3. The van der Waals surface area contributed by atoms with Gasteiger partial charge in [0.2, 0.25) is 0 Å². The van der Waals surface area contributed by atoms with E-state index in [1.165, 1.54) is 6.07 Å². The third kappa shape index (κ3) is 3.36. The molecule has 22 heavy (non-hydrogen) atoms. The summed E-state index contributed by atoms with van der Waals surface area (Å²) in [4.78, 5) is 0.189. The highest BCUT2D eigenvalue weighted by Crippen LogP contribution is 2.33. The smallest absolute Gasteiger partial charge is 0.261 e. The third-order valence-corrected chi connectivity index (χ3v) is 4.98. The van der Waals surface area contributed by atoms with E-state index in [9.17, 15) is 8.42 Å². The largest absolute Gasteiger partial charge is 0.490 e. The molecule has 0 spiro atoms. The predicted molar refractivity (Wildman–Crippen MR) is 87.0 cm³/mol. The van der Waals surface area contributed by atoms with Crippen molar-refractivity contribution in [1.29, 1.82) is 0 Å². The van der Waals surface area contributed by atoms with Crippen molar-refractivity contribution in [3.63, 3.8) is 0 Å². The molecule has 0 amide bonds. The van der Waals surface area contributed by atoms with Crippen LogP contribution in [0.5, 0.6) is 11.5 Å². The molecule has 0 fully saturated rings. The molecule has 1 aliphatic rings. The highest BCUT2D eigenvalue weighted by molar-refractivity contribution is 9.10. The number of rotatable bonds is 3. The molecule has 0 atom stereocenters. The van der Waals surface area contributed by atoms with Gasteiger partial charge in [0, 0.05) is 17.0 Å². The molecule has 1 N–H and O–H groups in total. The Labute approximate surface area is 137 Å². The third-order valence-electron chi connectivity index (χ3n) is 3.11. The second kappa shape index (κ2) is 6.18. The van der Waals surface area contributed by atoms with Crippen LogP contribution in [0.4, 0.5) is 5.69 Å². The van der Waals surface area contributed by atoms with Gasteiger partial charge in [-0.1, -0.05) is 22.0 Å². The number of anilines is 1. The molecule has 0 radical (unpaired) electrons. The number of sulfonamides is 1. The first kappa shape index (κ1) is 15.2. The zero-order valence-electron chi connectivity index (χ0n) is 11.6. The number of ether oxygens (including phenoxy) is 2. The molecule has 2 aromatic rings. The van der Waals surface area contributed by atoms with Crippen molar-refractivity contribution in [1.82, 2.24) is 0 Å². The van der Waals surface area contributed by atoms with Crippen molar-refractivity contribution < 1.29 is 17.9 Å². The summed E-state index contributed by atoms with van der Waals surface area (Å²) in [5, 5.41) is 0. The van der Waals surface area contributed by atoms with Gasteiger partial charge in [-0.15, -0.1) is 0 Å². The van der Waals surface area contributed by atoms with E-state index in [4.69, 9.17) is 9.47 Å². The van der Waals surface area contributed by atoms with E-state index >= 15 is 0 Å². The maximum Gasteiger partial charge on any atom is 0.261 e. The molecular weight excluding hydrogens is 370 g/mol. The fraction of sp³-hybridized carbons (Fsp3) is 0.200. The van der Waals surface area contributed by atoms with Crippen LogP contribution in [-0.2, 0) is 10.0 Å². The fourth-order valence-corrected chi connectivity index (χ4v) is 3.72. The molecule has 0 unspecified atom stereocenters. The number of benzene rings is 2. The first-order valence-corrected chi connectivity index (χ1v) is 9.00. The van der Waals surface area contributed by atoms with Gasteiger partial charge in [-0.3, -0.25) is 4.72 Å². The average Bonchev–Trinajstić information content (AvgIpc) is 2.71. The van der Waals surface area contributed by atoms with Crippen LogP contribution >= 0.6 is 15.9 Å². The van der Waals surface area contributed by atoms with Crippen LogP contribution in [0.2, 0.25) is 0 Å². The highest BCUT2D eigenvalue weighted by atomic mass is 79.9. The molecule has 0 saturated carbocycles. The normalized spacial score (nSPS) is 14.2. The summed E-state index contributed by atoms with van der Waals surface area (Å²) in [5.74, 6) is 1.18. The van der Waals surface area contributed by atoms with Gasteiger partial charge in [-0.25, -0.2) is 8.42 Å². The van der Waals surface area contributed by atoms with E-state index in [0.29, 0.717) is 34.9 Å². The Bertz CT molecular complexity index is 792. The maximum absolute atomic E-state index is 12.4. The predicted octanol–water partition coefficient (Wildman–Crippen LogP) is 3.41. The van der Waals surface area contributed by atoms with E-state index in [2.05, 4.69) is 20.7 Å². The SMILES string of the molecule is O=S(=O)(Nc1ccc2c(c1)OCCCO2)c1cccc(Br)c1. The molecule has 5 nitrogen and oxygen atoms in total. The number of halogens is 1. The molecule has 0 saturated heterocycles. The quantitative estimate of drug-likeness (QED) is 0.881. The summed E-state index contributed by atoms with van der Waals surface area (Å²) in [5.41, 5.74) is 0.434. The van der Waals surface area contributed by atoms with Gasteiger partial charge < -0.3 is 9.47 Å². The van der Waals surface area contributed by atoms with E-state index in [0.717, 1.165) is 6.42 Å². The van der Waals surface area contributed by atoms with E-state index in [1.807, 2.05) is 0 Å². The van der Waals surface area contributed by atoms with Crippen molar-refractivity contribution in [3.8, 4) is 11.5 Å². The van der Waals surface area contributed by atoms with Crippen LogP contribution in [0.25, 0.3) is 0 Å². The average molecular weight is 384 g/mol. The number of hydrogen-bond acceptors (Lipinski definition) is 4. The van der Waals surface area contributed by atoms with Crippen molar-refractivity contribution >= 4 is 31.6 Å². The van der Waals surface area contributed by atoms with Gasteiger partial charge in [0.05, 0.1) is 23.8 Å². The molecule has 0 bridgehead atoms. The summed E-state index contributed by atoms with van der Waals surface area (Å²) < 4.78 is 39.1. The Morgan fingerprint density at radius 3 is 2.55 bits per heavy atom. The van der Waals surface area contributed by atoms with Crippen LogP contribution in [0.1, 0.15) is 6.42 Å². The van der Waals surface area contributed by atoms with Crippen molar-refractivity contribution in [2.75, 3.05) is 17.9 Å². The summed E-state index contributed by atoms with van der Waals surface area (Å²) in [7, 11) is -3.65. The van der Waals surface area contributed by atoms with Crippen LogP contribution in [0.3, 0.4) is 0 Å². The minimum absolute atomic E-state index is 0.189. The van der Waals surface area contributed by atoms with Crippen molar-refractivity contribution in [3.05, 3.63) is 46.9 Å². The van der Waals surface area contributed by atoms with Crippen LogP contribution in [-0.4, -0.2) is 21.6 Å². The molecule has 2 aromatic carbocycles. The summed E-state index contributed by atoms with van der Waals surface area (Å²) in [6.07, 6.45) is 0.799. The number of nitrogens with one attached hydrogen (secondary N) is 1. The lowest BCUT2D eigenvalue weighted by Crippen LogP contribution is -2.13. The summed E-state index contributed by atoms with van der Waals surface area (Å²) in [6, 6.07) is 11.5. The van der Waals surface area contributed by atoms with Crippen LogP contribution < -0.4 is 14.2 Å². The zero-order chi connectivity index (χ0) is 15.6. The fourth-order valence-electron chi connectivity index (χ4n) is 2.08. The van der Waals surface area contributed by atoms with Crippen LogP contribution in [0.15, 0.2) is 51.8 Å². The lowest BCUT2D eigenvalue weighted by Gasteiger charge is -2.12. The first-order chi connectivity index (χ1) is 10.5. The van der Waals surface area contributed by atoms with E-state index < -0.39 is 10.0 Å². The van der Waals surface area contributed by atoms with Gasteiger partial charge in [0.25, 0.3) is 10.0 Å². The molecule has 7 heteroatoms. The minimum Gasteiger partial charge on any atom is -0.490 e. The van der Waals surface area contributed by atoms with Crippen LogP contribution in [0, 0.1) is 0 Å².